The minimum Gasteiger partial charge on any atom is -0.339 e. The van der Waals surface area contributed by atoms with E-state index in [1.54, 1.807) is 0 Å². The van der Waals surface area contributed by atoms with Gasteiger partial charge in [-0.3, -0.25) is 0 Å². The van der Waals surface area contributed by atoms with Gasteiger partial charge in [0.15, 0.2) is 0 Å². The number of aromatic nitrogens is 2. The summed E-state index contributed by atoms with van der Waals surface area (Å²) in [6, 6.07) is 0.491. The molecule has 5 heteroatoms. The molecule has 0 radical (unpaired) electrons. The molecule has 1 rings (SSSR count). The molecule has 1 aromatic rings. The molecule has 0 bridgehead atoms. The first kappa shape index (κ1) is 13.0. The van der Waals surface area contributed by atoms with Crippen LogP contribution in [0.4, 0.5) is 5.95 Å². The van der Waals surface area contributed by atoms with E-state index in [0.717, 1.165) is 26.1 Å². The van der Waals surface area contributed by atoms with Gasteiger partial charge >= 0.3 is 0 Å². The Balaban J connectivity index is 2.44. The van der Waals surface area contributed by atoms with E-state index in [1.165, 1.54) is 0 Å². The van der Waals surface area contributed by atoms with Crippen LogP contribution in [0.5, 0.6) is 0 Å². The Morgan fingerprint density at radius 3 is 2.56 bits per heavy atom. The van der Waals surface area contributed by atoms with Crippen molar-refractivity contribution in [2.45, 2.75) is 40.2 Å². The van der Waals surface area contributed by atoms with E-state index in [-0.39, 0.29) is 0 Å². The molecule has 1 heterocycles. The van der Waals surface area contributed by atoms with Gasteiger partial charge in [0, 0.05) is 32.1 Å². The van der Waals surface area contributed by atoms with Crippen LogP contribution in [0.2, 0.25) is 0 Å². The molecular formula is C11H22N4O. The maximum atomic E-state index is 5.19. The summed E-state index contributed by atoms with van der Waals surface area (Å²) in [6.45, 7) is 11.1. The summed E-state index contributed by atoms with van der Waals surface area (Å²) in [7, 11) is 0. The maximum absolute atomic E-state index is 5.19. The van der Waals surface area contributed by atoms with Gasteiger partial charge in [-0.05, 0) is 19.0 Å². The third-order valence-corrected chi connectivity index (χ3v) is 2.40. The van der Waals surface area contributed by atoms with Crippen molar-refractivity contribution in [3.8, 4) is 0 Å². The minimum atomic E-state index is 0.491. The van der Waals surface area contributed by atoms with E-state index in [4.69, 9.17) is 4.52 Å². The molecule has 16 heavy (non-hydrogen) atoms. The van der Waals surface area contributed by atoms with Gasteiger partial charge in [-0.1, -0.05) is 13.8 Å². The van der Waals surface area contributed by atoms with Gasteiger partial charge in [0.2, 0.25) is 5.89 Å². The van der Waals surface area contributed by atoms with Crippen LogP contribution in [0.15, 0.2) is 4.52 Å². The molecule has 0 unspecified atom stereocenters. The third kappa shape index (κ3) is 3.81. The molecule has 1 aromatic heterocycles. The minimum absolute atomic E-state index is 0.491. The second-order valence-corrected chi connectivity index (χ2v) is 4.02. The van der Waals surface area contributed by atoms with Crippen molar-refractivity contribution >= 4 is 5.95 Å². The van der Waals surface area contributed by atoms with E-state index in [9.17, 15) is 0 Å². The van der Waals surface area contributed by atoms with Crippen molar-refractivity contribution < 1.29 is 4.52 Å². The summed E-state index contributed by atoms with van der Waals surface area (Å²) >= 11 is 0. The number of anilines is 1. The molecule has 0 spiro atoms. The van der Waals surface area contributed by atoms with Crippen molar-refractivity contribution in [1.82, 2.24) is 15.5 Å². The summed E-state index contributed by atoms with van der Waals surface area (Å²) in [5, 5.41) is 7.29. The van der Waals surface area contributed by atoms with Crippen LogP contribution in [-0.2, 0) is 6.42 Å². The highest BCUT2D eigenvalue weighted by atomic mass is 16.5. The lowest BCUT2D eigenvalue weighted by Gasteiger charge is -2.14. The van der Waals surface area contributed by atoms with Gasteiger partial charge in [-0.25, -0.2) is 0 Å². The van der Waals surface area contributed by atoms with E-state index in [1.807, 2.05) is 0 Å². The Hall–Kier alpha value is -1.10. The molecule has 0 amide bonds. The molecule has 1 N–H and O–H groups in total. The number of nitrogens with zero attached hydrogens (tertiary/aromatic N) is 3. The lowest BCUT2D eigenvalue weighted by Crippen LogP contribution is -2.25. The first-order valence-electron chi connectivity index (χ1n) is 5.98. The van der Waals surface area contributed by atoms with Crippen LogP contribution in [0.1, 0.15) is 33.6 Å². The van der Waals surface area contributed by atoms with Gasteiger partial charge in [-0.2, -0.15) is 4.98 Å². The number of rotatable bonds is 7. The van der Waals surface area contributed by atoms with E-state index < -0.39 is 0 Å². The first-order valence-corrected chi connectivity index (χ1v) is 5.98. The van der Waals surface area contributed by atoms with Gasteiger partial charge in [0.05, 0.1) is 0 Å². The summed E-state index contributed by atoms with van der Waals surface area (Å²) in [5.41, 5.74) is 0. The standard InChI is InChI=1S/C11H22N4O/c1-5-15(6-2)11-13-10(16-14-11)7-8-12-9(3)4/h9,12H,5-8H2,1-4H3. The summed E-state index contributed by atoms with van der Waals surface area (Å²) < 4.78 is 5.19. The largest absolute Gasteiger partial charge is 0.339 e. The van der Waals surface area contributed by atoms with Gasteiger partial charge in [0.25, 0.3) is 5.95 Å². The normalized spacial score (nSPS) is 11.1. The summed E-state index contributed by atoms with van der Waals surface area (Å²) in [4.78, 5) is 6.43. The third-order valence-electron chi connectivity index (χ3n) is 2.40. The fraction of sp³-hybridized carbons (Fsp3) is 0.818. The molecular weight excluding hydrogens is 204 g/mol. The number of hydrogen-bond donors (Lipinski definition) is 1. The van der Waals surface area contributed by atoms with Crippen molar-refractivity contribution in [2.24, 2.45) is 0 Å². The molecule has 0 aromatic carbocycles. The zero-order chi connectivity index (χ0) is 12.0. The molecule has 0 fully saturated rings. The maximum Gasteiger partial charge on any atom is 0.266 e. The molecule has 0 saturated heterocycles. The quantitative estimate of drug-likeness (QED) is 0.762. The lowest BCUT2D eigenvalue weighted by molar-refractivity contribution is 0.373. The molecule has 92 valence electrons. The number of nitrogens with one attached hydrogen (secondary N) is 1. The lowest BCUT2D eigenvalue weighted by atomic mass is 10.3. The van der Waals surface area contributed by atoms with Crippen molar-refractivity contribution in [3.63, 3.8) is 0 Å². The first-order chi connectivity index (χ1) is 7.67. The SMILES string of the molecule is CCN(CC)c1noc(CCNC(C)C)n1. The Bertz CT molecular complexity index is 294. The Kier molecular flexibility index (Phi) is 5.25. The fourth-order valence-electron chi connectivity index (χ4n) is 1.45. The fourth-order valence-corrected chi connectivity index (χ4v) is 1.45. The number of hydrogen-bond acceptors (Lipinski definition) is 5. The zero-order valence-corrected chi connectivity index (χ0v) is 10.7. The predicted molar refractivity (Wildman–Crippen MR) is 64.7 cm³/mol. The summed E-state index contributed by atoms with van der Waals surface area (Å²) in [5.74, 6) is 1.40. The topological polar surface area (TPSA) is 54.2 Å². The van der Waals surface area contributed by atoms with Gasteiger partial charge in [0.1, 0.15) is 0 Å². The van der Waals surface area contributed by atoms with Crippen LogP contribution in [-0.4, -0.2) is 35.8 Å². The second kappa shape index (κ2) is 6.48. The highest BCUT2D eigenvalue weighted by Gasteiger charge is 2.10. The molecule has 0 atom stereocenters. The Morgan fingerprint density at radius 2 is 2.00 bits per heavy atom. The van der Waals surface area contributed by atoms with E-state index in [0.29, 0.717) is 17.9 Å². The zero-order valence-electron chi connectivity index (χ0n) is 10.7. The van der Waals surface area contributed by atoms with Gasteiger partial charge < -0.3 is 14.7 Å². The van der Waals surface area contributed by atoms with Crippen molar-refractivity contribution in [3.05, 3.63) is 5.89 Å². The molecule has 0 aliphatic heterocycles. The monoisotopic (exact) mass is 226 g/mol. The van der Waals surface area contributed by atoms with Crippen LogP contribution in [0.25, 0.3) is 0 Å². The smallest absolute Gasteiger partial charge is 0.266 e. The molecule has 0 saturated carbocycles. The van der Waals surface area contributed by atoms with Crippen LogP contribution >= 0.6 is 0 Å². The molecule has 0 aliphatic rings. The Morgan fingerprint density at radius 1 is 1.31 bits per heavy atom. The summed E-state index contributed by atoms with van der Waals surface area (Å²) in [6.07, 6.45) is 0.784. The second-order valence-electron chi connectivity index (χ2n) is 4.02. The molecule has 0 aliphatic carbocycles. The predicted octanol–water partition coefficient (Wildman–Crippen LogP) is 1.46. The average Bonchev–Trinajstić information content (AvgIpc) is 2.68. The van der Waals surface area contributed by atoms with Crippen molar-refractivity contribution in [2.75, 3.05) is 24.5 Å². The highest BCUT2D eigenvalue weighted by Crippen LogP contribution is 2.08. The Labute approximate surface area is 97.2 Å². The van der Waals surface area contributed by atoms with Crippen LogP contribution < -0.4 is 10.2 Å². The van der Waals surface area contributed by atoms with Crippen molar-refractivity contribution in [1.29, 1.82) is 0 Å². The van der Waals surface area contributed by atoms with Crippen LogP contribution in [0.3, 0.4) is 0 Å². The average molecular weight is 226 g/mol. The van der Waals surface area contributed by atoms with E-state index in [2.05, 4.69) is 48.1 Å². The molecule has 5 nitrogen and oxygen atoms in total. The van der Waals surface area contributed by atoms with Crippen LogP contribution in [0, 0.1) is 0 Å². The highest BCUT2D eigenvalue weighted by molar-refractivity contribution is 5.26. The van der Waals surface area contributed by atoms with Gasteiger partial charge in [-0.15, -0.1) is 0 Å². The van der Waals surface area contributed by atoms with E-state index >= 15 is 0 Å².